The number of sulfonamides is 1. The van der Waals surface area contributed by atoms with Crippen LogP contribution in [0.4, 0.5) is 0 Å². The van der Waals surface area contributed by atoms with Crippen molar-refractivity contribution in [1.29, 1.82) is 0 Å². The third-order valence-corrected chi connectivity index (χ3v) is 5.15. The van der Waals surface area contributed by atoms with Crippen molar-refractivity contribution < 1.29 is 18.3 Å². The Labute approximate surface area is 120 Å². The highest BCUT2D eigenvalue weighted by Crippen LogP contribution is 2.22. The van der Waals surface area contributed by atoms with Gasteiger partial charge in [-0.1, -0.05) is 26.3 Å². The lowest BCUT2D eigenvalue weighted by Gasteiger charge is -2.19. The maximum absolute atomic E-state index is 12.5. The van der Waals surface area contributed by atoms with Crippen LogP contribution >= 0.6 is 0 Å². The standard InChI is InChI=1S/C14H21NO4S/c1-4-6-9-15(3)20(18,19)13-10-12(14(16)17)8-7-11(13)5-2/h7-8,10H,4-6,9H2,1-3H3,(H,16,17). The predicted octanol–water partition coefficient (Wildman–Crippen LogP) is 2.37. The molecule has 5 nitrogen and oxygen atoms in total. The molecule has 0 aliphatic heterocycles. The van der Waals surface area contributed by atoms with E-state index in [1.807, 2.05) is 13.8 Å². The van der Waals surface area contributed by atoms with Gasteiger partial charge in [0.2, 0.25) is 10.0 Å². The lowest BCUT2D eigenvalue weighted by molar-refractivity contribution is 0.0696. The van der Waals surface area contributed by atoms with Crippen molar-refractivity contribution in [2.75, 3.05) is 13.6 Å². The lowest BCUT2D eigenvalue weighted by atomic mass is 10.1. The van der Waals surface area contributed by atoms with Gasteiger partial charge < -0.3 is 5.11 Å². The number of unbranched alkanes of at least 4 members (excludes halogenated alkanes) is 1. The second-order valence-corrected chi connectivity index (χ2v) is 6.67. The summed E-state index contributed by atoms with van der Waals surface area (Å²) in [6.45, 7) is 4.27. The molecule has 0 saturated carbocycles. The Bertz CT molecular complexity index is 581. The molecule has 6 heteroatoms. The minimum Gasteiger partial charge on any atom is -0.478 e. The Morgan fingerprint density at radius 2 is 1.95 bits per heavy atom. The van der Waals surface area contributed by atoms with Crippen LogP contribution in [0.1, 0.15) is 42.6 Å². The van der Waals surface area contributed by atoms with Crippen LogP contribution in [0.15, 0.2) is 23.1 Å². The van der Waals surface area contributed by atoms with E-state index in [9.17, 15) is 13.2 Å². The monoisotopic (exact) mass is 299 g/mol. The summed E-state index contributed by atoms with van der Waals surface area (Å²) in [4.78, 5) is 11.1. The van der Waals surface area contributed by atoms with E-state index in [-0.39, 0.29) is 10.5 Å². The van der Waals surface area contributed by atoms with E-state index >= 15 is 0 Å². The van der Waals surface area contributed by atoms with Crippen LogP contribution in [0.5, 0.6) is 0 Å². The largest absolute Gasteiger partial charge is 0.478 e. The molecule has 0 fully saturated rings. The highest BCUT2D eigenvalue weighted by atomic mass is 32.2. The number of nitrogens with zero attached hydrogens (tertiary/aromatic N) is 1. The van der Waals surface area contributed by atoms with Gasteiger partial charge in [-0.25, -0.2) is 17.5 Å². The maximum Gasteiger partial charge on any atom is 0.335 e. The van der Waals surface area contributed by atoms with Gasteiger partial charge in [0, 0.05) is 13.6 Å². The van der Waals surface area contributed by atoms with Crippen LogP contribution in [-0.2, 0) is 16.4 Å². The predicted molar refractivity (Wildman–Crippen MR) is 77.5 cm³/mol. The van der Waals surface area contributed by atoms with Crippen LogP contribution in [-0.4, -0.2) is 37.4 Å². The summed E-state index contributed by atoms with van der Waals surface area (Å²) in [6, 6.07) is 4.26. The Balaban J connectivity index is 3.27. The first-order chi connectivity index (χ1) is 9.34. The molecule has 0 aromatic heterocycles. The summed E-state index contributed by atoms with van der Waals surface area (Å²) in [5.41, 5.74) is 0.628. The highest BCUT2D eigenvalue weighted by molar-refractivity contribution is 7.89. The summed E-state index contributed by atoms with van der Waals surface area (Å²) < 4.78 is 26.3. The van der Waals surface area contributed by atoms with E-state index in [1.165, 1.54) is 23.5 Å². The van der Waals surface area contributed by atoms with Crippen LogP contribution in [0.25, 0.3) is 0 Å². The summed E-state index contributed by atoms with van der Waals surface area (Å²) in [7, 11) is -2.11. The van der Waals surface area contributed by atoms with Gasteiger partial charge in [-0.15, -0.1) is 0 Å². The van der Waals surface area contributed by atoms with Gasteiger partial charge in [-0.2, -0.15) is 0 Å². The smallest absolute Gasteiger partial charge is 0.335 e. The number of aromatic carboxylic acids is 1. The fraction of sp³-hybridized carbons (Fsp3) is 0.500. The molecule has 0 aliphatic carbocycles. The molecule has 0 unspecified atom stereocenters. The third kappa shape index (κ3) is 3.58. The Morgan fingerprint density at radius 3 is 2.45 bits per heavy atom. The molecule has 20 heavy (non-hydrogen) atoms. The van der Waals surface area contributed by atoms with Crippen molar-refractivity contribution in [1.82, 2.24) is 4.31 Å². The van der Waals surface area contributed by atoms with Gasteiger partial charge in [0.15, 0.2) is 0 Å². The quantitative estimate of drug-likeness (QED) is 0.838. The summed E-state index contributed by atoms with van der Waals surface area (Å²) in [6.07, 6.45) is 2.21. The molecule has 0 atom stereocenters. The van der Waals surface area contributed by atoms with Crippen molar-refractivity contribution in [2.45, 2.75) is 38.0 Å². The number of rotatable bonds is 7. The van der Waals surface area contributed by atoms with Gasteiger partial charge in [-0.05, 0) is 30.5 Å². The number of carboxylic acid groups (broad SMARTS) is 1. The number of carboxylic acids is 1. The van der Waals surface area contributed by atoms with Gasteiger partial charge in [-0.3, -0.25) is 0 Å². The first-order valence-corrected chi connectivity index (χ1v) is 8.11. The van der Waals surface area contributed by atoms with E-state index in [0.717, 1.165) is 12.8 Å². The second kappa shape index (κ2) is 6.85. The SMILES string of the molecule is CCCCN(C)S(=O)(=O)c1cc(C(=O)O)ccc1CC. The zero-order valence-corrected chi connectivity index (χ0v) is 12.9. The number of hydrogen-bond donors (Lipinski definition) is 1. The molecule has 0 heterocycles. The van der Waals surface area contributed by atoms with Gasteiger partial charge in [0.1, 0.15) is 0 Å². The molecule has 0 spiro atoms. The van der Waals surface area contributed by atoms with Crippen molar-refractivity contribution in [3.05, 3.63) is 29.3 Å². The van der Waals surface area contributed by atoms with Crippen molar-refractivity contribution >= 4 is 16.0 Å². The van der Waals surface area contributed by atoms with E-state index in [0.29, 0.717) is 18.5 Å². The molecule has 1 aromatic carbocycles. The molecule has 0 amide bonds. The van der Waals surface area contributed by atoms with Crippen LogP contribution in [0.2, 0.25) is 0 Å². The number of benzene rings is 1. The number of carbonyl (C=O) groups is 1. The van der Waals surface area contributed by atoms with Crippen LogP contribution in [0, 0.1) is 0 Å². The fourth-order valence-corrected chi connectivity index (χ4v) is 3.41. The molecule has 0 bridgehead atoms. The highest BCUT2D eigenvalue weighted by Gasteiger charge is 2.24. The van der Waals surface area contributed by atoms with E-state index in [2.05, 4.69) is 0 Å². The Morgan fingerprint density at radius 1 is 1.30 bits per heavy atom. The molecule has 0 radical (unpaired) electrons. The second-order valence-electron chi connectivity index (χ2n) is 4.66. The van der Waals surface area contributed by atoms with Crippen molar-refractivity contribution in [2.24, 2.45) is 0 Å². The van der Waals surface area contributed by atoms with Crippen LogP contribution in [0.3, 0.4) is 0 Å². The molecule has 0 saturated heterocycles. The minimum atomic E-state index is -3.64. The average molecular weight is 299 g/mol. The Kier molecular flexibility index (Phi) is 5.71. The molecular weight excluding hydrogens is 278 g/mol. The number of aryl methyl sites for hydroxylation is 1. The summed E-state index contributed by atoms with van der Waals surface area (Å²) in [5, 5.41) is 9.01. The van der Waals surface area contributed by atoms with E-state index < -0.39 is 16.0 Å². The zero-order valence-electron chi connectivity index (χ0n) is 12.1. The van der Waals surface area contributed by atoms with E-state index in [4.69, 9.17) is 5.11 Å². The molecule has 0 aliphatic rings. The topological polar surface area (TPSA) is 74.7 Å². The van der Waals surface area contributed by atoms with E-state index in [1.54, 1.807) is 6.07 Å². The molecule has 112 valence electrons. The van der Waals surface area contributed by atoms with Gasteiger partial charge in [0.05, 0.1) is 10.5 Å². The van der Waals surface area contributed by atoms with Crippen LogP contribution < -0.4 is 0 Å². The Hall–Kier alpha value is -1.40. The first-order valence-electron chi connectivity index (χ1n) is 6.67. The molecular formula is C14H21NO4S. The molecule has 1 N–H and O–H groups in total. The average Bonchev–Trinajstić information content (AvgIpc) is 2.43. The van der Waals surface area contributed by atoms with Crippen molar-refractivity contribution in [3.8, 4) is 0 Å². The zero-order chi connectivity index (χ0) is 15.3. The molecule has 1 aromatic rings. The first kappa shape index (κ1) is 16.7. The molecule has 1 rings (SSSR count). The summed E-state index contributed by atoms with van der Waals surface area (Å²) in [5.74, 6) is -1.12. The van der Waals surface area contributed by atoms with Gasteiger partial charge >= 0.3 is 5.97 Å². The number of hydrogen-bond acceptors (Lipinski definition) is 3. The normalized spacial score (nSPS) is 11.8. The fourth-order valence-electron chi connectivity index (χ4n) is 1.89. The third-order valence-electron chi connectivity index (χ3n) is 3.21. The van der Waals surface area contributed by atoms with Gasteiger partial charge in [0.25, 0.3) is 0 Å². The van der Waals surface area contributed by atoms with Crippen molar-refractivity contribution in [3.63, 3.8) is 0 Å². The summed E-state index contributed by atoms with van der Waals surface area (Å²) >= 11 is 0. The maximum atomic E-state index is 12.5. The lowest BCUT2D eigenvalue weighted by Crippen LogP contribution is -2.29. The minimum absolute atomic E-state index is 0.00957.